The summed E-state index contributed by atoms with van der Waals surface area (Å²) < 4.78 is 0. The van der Waals surface area contributed by atoms with Gasteiger partial charge in [-0.15, -0.1) is 0 Å². The highest BCUT2D eigenvalue weighted by molar-refractivity contribution is 5.81. The van der Waals surface area contributed by atoms with Crippen LogP contribution in [0.25, 0.3) is 11.0 Å². The van der Waals surface area contributed by atoms with Gasteiger partial charge in [0.15, 0.2) is 0 Å². The predicted octanol–water partition coefficient (Wildman–Crippen LogP) is 0.426. The van der Waals surface area contributed by atoms with Gasteiger partial charge < -0.3 is 20.3 Å². The van der Waals surface area contributed by atoms with E-state index < -0.39 is 12.0 Å². The Morgan fingerprint density at radius 3 is 3.06 bits per heavy atom. The molecule has 6 nitrogen and oxygen atoms in total. The Morgan fingerprint density at radius 2 is 2.28 bits per heavy atom. The van der Waals surface area contributed by atoms with Crippen LogP contribution in [0, 0.1) is 0 Å². The summed E-state index contributed by atoms with van der Waals surface area (Å²) in [6.07, 6.45) is 0. The van der Waals surface area contributed by atoms with Crippen molar-refractivity contribution in [2.24, 2.45) is 0 Å². The Labute approximate surface area is 104 Å². The minimum atomic E-state index is -0.831. The van der Waals surface area contributed by atoms with Crippen LogP contribution in [0.4, 0.5) is 5.95 Å². The molecule has 1 atom stereocenters. The molecule has 0 radical (unpaired) electrons. The summed E-state index contributed by atoms with van der Waals surface area (Å²) in [6.45, 7) is 1.84. The van der Waals surface area contributed by atoms with Crippen LogP contribution in [0.5, 0.6) is 0 Å². The third kappa shape index (κ3) is 1.80. The van der Waals surface area contributed by atoms with E-state index in [9.17, 15) is 9.90 Å². The lowest BCUT2D eigenvalue weighted by Gasteiger charge is -2.33. The molecule has 6 heteroatoms. The molecule has 3 N–H and O–H groups in total. The van der Waals surface area contributed by atoms with Gasteiger partial charge in [-0.1, -0.05) is 12.1 Å². The topological polar surface area (TPSA) is 81.2 Å². The first-order valence-corrected chi connectivity index (χ1v) is 5.90. The number of fused-ring (bicyclic) bond motifs is 1. The molecule has 1 aliphatic heterocycles. The van der Waals surface area contributed by atoms with Crippen LogP contribution in [0.2, 0.25) is 0 Å². The maximum Gasteiger partial charge on any atom is 0.327 e. The zero-order chi connectivity index (χ0) is 12.5. The van der Waals surface area contributed by atoms with E-state index in [1.165, 1.54) is 0 Å². The van der Waals surface area contributed by atoms with Gasteiger partial charge in [0.2, 0.25) is 5.95 Å². The number of hydrogen-bond donors (Lipinski definition) is 3. The van der Waals surface area contributed by atoms with E-state index >= 15 is 0 Å². The fourth-order valence-corrected chi connectivity index (χ4v) is 2.25. The minimum absolute atomic E-state index is 0.437. The largest absolute Gasteiger partial charge is 0.480 e. The minimum Gasteiger partial charge on any atom is -0.480 e. The number of carbonyl (C=O) groups is 1. The molecule has 1 aromatic heterocycles. The molecule has 1 aromatic carbocycles. The van der Waals surface area contributed by atoms with Crippen molar-refractivity contribution in [1.29, 1.82) is 0 Å². The fraction of sp³-hybridized carbons (Fsp3) is 0.333. The lowest BCUT2D eigenvalue weighted by Crippen LogP contribution is -2.55. The third-order valence-electron chi connectivity index (χ3n) is 3.18. The highest BCUT2D eigenvalue weighted by atomic mass is 16.4. The average molecular weight is 246 g/mol. The van der Waals surface area contributed by atoms with Gasteiger partial charge in [0.05, 0.1) is 11.0 Å². The van der Waals surface area contributed by atoms with E-state index in [1.54, 1.807) is 4.90 Å². The van der Waals surface area contributed by atoms with Crippen molar-refractivity contribution in [2.75, 3.05) is 24.5 Å². The van der Waals surface area contributed by atoms with E-state index in [0.29, 0.717) is 19.0 Å². The van der Waals surface area contributed by atoms with Crippen LogP contribution in [0.1, 0.15) is 0 Å². The number of carboxylic acids is 1. The molecular formula is C12H14N4O2. The Kier molecular flexibility index (Phi) is 2.64. The van der Waals surface area contributed by atoms with Gasteiger partial charge in [-0.2, -0.15) is 0 Å². The van der Waals surface area contributed by atoms with Crippen LogP contribution in [0.15, 0.2) is 24.3 Å². The quantitative estimate of drug-likeness (QED) is 0.715. The van der Waals surface area contributed by atoms with Gasteiger partial charge in [0, 0.05) is 19.6 Å². The summed E-state index contributed by atoms with van der Waals surface area (Å²) in [5, 5.41) is 12.3. The molecule has 2 aromatic rings. The maximum atomic E-state index is 11.2. The van der Waals surface area contributed by atoms with Gasteiger partial charge in [0.1, 0.15) is 6.04 Å². The van der Waals surface area contributed by atoms with Crippen molar-refractivity contribution in [1.82, 2.24) is 15.3 Å². The second kappa shape index (κ2) is 4.30. The molecule has 1 fully saturated rings. The average Bonchev–Trinajstić information content (AvgIpc) is 2.82. The number of rotatable bonds is 2. The van der Waals surface area contributed by atoms with Crippen LogP contribution >= 0.6 is 0 Å². The maximum absolute atomic E-state index is 11.2. The van der Waals surface area contributed by atoms with E-state index in [1.807, 2.05) is 24.3 Å². The molecule has 2 heterocycles. The normalized spacial score (nSPS) is 20.2. The molecular weight excluding hydrogens is 232 g/mol. The lowest BCUT2D eigenvalue weighted by molar-refractivity contribution is -0.138. The van der Waals surface area contributed by atoms with Gasteiger partial charge in [-0.3, -0.25) is 0 Å². The number of nitrogens with one attached hydrogen (secondary N) is 2. The molecule has 3 rings (SSSR count). The standard InChI is InChI=1S/C12H14N4O2/c17-11(18)10-7-13-5-6-16(10)12-14-8-3-1-2-4-9(8)15-12/h1-4,10,13H,5-7H2,(H,14,15)(H,17,18)/t10-/m0/s1. The van der Waals surface area contributed by atoms with Crippen molar-refractivity contribution in [2.45, 2.75) is 6.04 Å². The number of piperazine rings is 1. The number of H-pyrrole nitrogens is 1. The number of aromatic nitrogens is 2. The first-order valence-electron chi connectivity index (χ1n) is 5.90. The van der Waals surface area contributed by atoms with Crippen LogP contribution in [-0.2, 0) is 4.79 Å². The number of anilines is 1. The number of hydrogen-bond acceptors (Lipinski definition) is 4. The first-order chi connectivity index (χ1) is 8.75. The zero-order valence-electron chi connectivity index (χ0n) is 9.76. The van der Waals surface area contributed by atoms with Crippen LogP contribution in [-0.4, -0.2) is 46.7 Å². The molecule has 0 unspecified atom stereocenters. The molecule has 0 saturated carbocycles. The highest BCUT2D eigenvalue weighted by Crippen LogP contribution is 2.19. The smallest absolute Gasteiger partial charge is 0.327 e. The number of carboxylic acid groups (broad SMARTS) is 1. The number of aliphatic carboxylic acids is 1. The van der Waals surface area contributed by atoms with E-state index in [2.05, 4.69) is 15.3 Å². The summed E-state index contributed by atoms with van der Waals surface area (Å²) in [4.78, 5) is 20.7. The van der Waals surface area contributed by atoms with Crippen molar-refractivity contribution < 1.29 is 9.90 Å². The van der Waals surface area contributed by atoms with Gasteiger partial charge >= 0.3 is 5.97 Å². The van der Waals surface area contributed by atoms with Crippen molar-refractivity contribution in [3.63, 3.8) is 0 Å². The number of nitrogens with zero attached hydrogens (tertiary/aromatic N) is 2. The van der Waals surface area contributed by atoms with E-state index in [4.69, 9.17) is 0 Å². The summed E-state index contributed by atoms with van der Waals surface area (Å²) in [7, 11) is 0. The Balaban J connectivity index is 1.98. The number of aromatic amines is 1. The number of imidazole rings is 1. The van der Waals surface area contributed by atoms with Crippen molar-refractivity contribution in [3.05, 3.63) is 24.3 Å². The summed E-state index contributed by atoms with van der Waals surface area (Å²) in [5.41, 5.74) is 1.78. The Morgan fingerprint density at radius 1 is 1.44 bits per heavy atom. The zero-order valence-corrected chi connectivity index (χ0v) is 9.76. The van der Waals surface area contributed by atoms with Gasteiger partial charge in [-0.25, -0.2) is 9.78 Å². The van der Waals surface area contributed by atoms with Crippen molar-refractivity contribution in [3.8, 4) is 0 Å². The fourth-order valence-electron chi connectivity index (χ4n) is 2.25. The van der Waals surface area contributed by atoms with Crippen LogP contribution in [0.3, 0.4) is 0 Å². The molecule has 0 amide bonds. The van der Waals surface area contributed by atoms with Crippen molar-refractivity contribution >= 4 is 23.0 Å². The van der Waals surface area contributed by atoms with E-state index in [-0.39, 0.29) is 0 Å². The molecule has 0 spiro atoms. The summed E-state index contributed by atoms with van der Waals surface area (Å²) in [6, 6.07) is 7.12. The highest BCUT2D eigenvalue weighted by Gasteiger charge is 2.30. The lowest BCUT2D eigenvalue weighted by atomic mass is 10.2. The molecule has 0 aliphatic carbocycles. The molecule has 0 bridgehead atoms. The van der Waals surface area contributed by atoms with Crippen LogP contribution < -0.4 is 10.2 Å². The van der Waals surface area contributed by atoms with Gasteiger partial charge in [0.25, 0.3) is 0 Å². The molecule has 94 valence electrons. The second-order valence-corrected chi connectivity index (χ2v) is 4.33. The Hall–Kier alpha value is -2.08. The summed E-state index contributed by atoms with van der Waals surface area (Å²) >= 11 is 0. The summed E-state index contributed by atoms with van der Waals surface area (Å²) in [5.74, 6) is -0.201. The Bertz CT molecular complexity index is 547. The molecule has 18 heavy (non-hydrogen) atoms. The second-order valence-electron chi connectivity index (χ2n) is 4.33. The predicted molar refractivity (Wildman–Crippen MR) is 67.7 cm³/mol. The molecule has 1 aliphatic rings. The monoisotopic (exact) mass is 246 g/mol. The number of para-hydroxylation sites is 2. The SMILES string of the molecule is O=C(O)[C@@H]1CNCCN1c1nc2ccccc2[nH]1. The molecule has 1 saturated heterocycles. The van der Waals surface area contributed by atoms with Gasteiger partial charge in [-0.05, 0) is 12.1 Å². The first kappa shape index (κ1) is 11.0. The third-order valence-corrected chi connectivity index (χ3v) is 3.18. The van der Waals surface area contributed by atoms with E-state index in [0.717, 1.165) is 17.6 Å². The number of benzene rings is 1.